The summed E-state index contributed by atoms with van der Waals surface area (Å²) in [6, 6.07) is 11.3. The lowest BCUT2D eigenvalue weighted by molar-refractivity contribution is -0.117. The van der Waals surface area contributed by atoms with Gasteiger partial charge in [0.1, 0.15) is 17.3 Å². The zero-order chi connectivity index (χ0) is 19.7. The minimum Gasteiger partial charge on any atom is -0.497 e. The number of hydrogen-bond donors (Lipinski definition) is 0. The van der Waals surface area contributed by atoms with Crippen LogP contribution in [0.25, 0.3) is 11.4 Å². The zero-order valence-corrected chi connectivity index (χ0v) is 15.4. The summed E-state index contributed by atoms with van der Waals surface area (Å²) in [5.41, 5.74) is 1.20. The number of hydrogen-bond acceptors (Lipinski definition) is 6. The van der Waals surface area contributed by atoms with E-state index in [0.717, 1.165) is 0 Å². The highest BCUT2D eigenvalue weighted by Crippen LogP contribution is 2.35. The minimum absolute atomic E-state index is 0.0641. The van der Waals surface area contributed by atoms with Crippen molar-refractivity contribution >= 4 is 11.6 Å². The number of amides is 1. The van der Waals surface area contributed by atoms with Crippen molar-refractivity contribution in [3.05, 3.63) is 54.2 Å². The molecule has 3 aromatic rings. The van der Waals surface area contributed by atoms with Gasteiger partial charge in [0.05, 0.1) is 25.8 Å². The van der Waals surface area contributed by atoms with E-state index < -0.39 is 0 Å². The molecule has 1 unspecified atom stereocenters. The van der Waals surface area contributed by atoms with Gasteiger partial charge >= 0.3 is 0 Å². The van der Waals surface area contributed by atoms with Gasteiger partial charge in [0.25, 0.3) is 0 Å². The van der Waals surface area contributed by atoms with Gasteiger partial charge in [-0.15, -0.1) is 0 Å². The quantitative estimate of drug-likeness (QED) is 0.672. The van der Waals surface area contributed by atoms with E-state index in [1.165, 1.54) is 12.1 Å². The Morgan fingerprint density at radius 3 is 2.57 bits per heavy atom. The number of ether oxygens (including phenoxy) is 2. The van der Waals surface area contributed by atoms with E-state index in [4.69, 9.17) is 14.0 Å². The van der Waals surface area contributed by atoms with Crippen molar-refractivity contribution in [2.45, 2.75) is 12.3 Å². The van der Waals surface area contributed by atoms with Gasteiger partial charge in [0.15, 0.2) is 0 Å². The molecule has 144 valence electrons. The molecule has 4 rings (SSSR count). The van der Waals surface area contributed by atoms with Crippen molar-refractivity contribution < 1.29 is 23.2 Å². The topological polar surface area (TPSA) is 77.7 Å². The number of nitrogens with zero attached hydrogens (tertiary/aromatic N) is 3. The molecule has 0 aliphatic carbocycles. The molecule has 2 aromatic carbocycles. The van der Waals surface area contributed by atoms with Gasteiger partial charge in [-0.05, 0) is 12.1 Å². The molecular weight excluding hydrogens is 365 g/mol. The van der Waals surface area contributed by atoms with Gasteiger partial charge in [-0.25, -0.2) is 4.39 Å². The first kappa shape index (κ1) is 18.0. The van der Waals surface area contributed by atoms with Crippen LogP contribution in [0.2, 0.25) is 0 Å². The molecule has 1 aromatic heterocycles. The lowest BCUT2D eigenvalue weighted by Crippen LogP contribution is -2.24. The monoisotopic (exact) mass is 383 g/mol. The van der Waals surface area contributed by atoms with Crippen molar-refractivity contribution in [3.8, 4) is 22.9 Å². The Balaban J connectivity index is 1.57. The molecule has 28 heavy (non-hydrogen) atoms. The molecular formula is C20H18FN3O4. The minimum atomic E-state index is -0.377. The van der Waals surface area contributed by atoms with Crippen molar-refractivity contribution in [1.29, 1.82) is 0 Å². The van der Waals surface area contributed by atoms with E-state index in [2.05, 4.69) is 10.1 Å². The van der Waals surface area contributed by atoms with E-state index in [0.29, 0.717) is 41.0 Å². The SMILES string of the molecule is COc1cc(OC)cc(N2CC(c3nc(-c4cccc(F)c4)no3)CC2=O)c1. The molecule has 0 radical (unpaired) electrons. The second kappa shape index (κ2) is 7.30. The second-order valence-corrected chi connectivity index (χ2v) is 6.44. The van der Waals surface area contributed by atoms with Gasteiger partial charge in [0, 0.05) is 36.7 Å². The van der Waals surface area contributed by atoms with Gasteiger partial charge in [-0.1, -0.05) is 17.3 Å². The lowest BCUT2D eigenvalue weighted by atomic mass is 10.1. The number of halogens is 1. The van der Waals surface area contributed by atoms with E-state index in [9.17, 15) is 9.18 Å². The van der Waals surface area contributed by atoms with Crippen LogP contribution < -0.4 is 14.4 Å². The number of benzene rings is 2. The summed E-state index contributed by atoms with van der Waals surface area (Å²) < 4.78 is 29.3. The highest BCUT2D eigenvalue weighted by atomic mass is 19.1. The number of anilines is 1. The smallest absolute Gasteiger partial charge is 0.232 e. The first-order valence-electron chi connectivity index (χ1n) is 8.70. The maximum Gasteiger partial charge on any atom is 0.232 e. The van der Waals surface area contributed by atoms with Gasteiger partial charge < -0.3 is 18.9 Å². The van der Waals surface area contributed by atoms with Crippen LogP contribution in [0.15, 0.2) is 47.0 Å². The van der Waals surface area contributed by atoms with E-state index in [1.807, 2.05) is 0 Å². The summed E-state index contributed by atoms with van der Waals surface area (Å²) in [6.45, 7) is 0.389. The van der Waals surface area contributed by atoms with Gasteiger partial charge in [-0.2, -0.15) is 4.98 Å². The van der Waals surface area contributed by atoms with E-state index in [-0.39, 0.29) is 24.1 Å². The molecule has 0 bridgehead atoms. The number of methoxy groups -OCH3 is 2. The Hall–Kier alpha value is -3.42. The second-order valence-electron chi connectivity index (χ2n) is 6.44. The van der Waals surface area contributed by atoms with Crippen molar-refractivity contribution in [1.82, 2.24) is 10.1 Å². The molecule has 0 N–H and O–H groups in total. The molecule has 8 heteroatoms. The molecule has 2 heterocycles. The maximum atomic E-state index is 13.4. The molecule has 1 fully saturated rings. The summed E-state index contributed by atoms with van der Waals surface area (Å²) in [4.78, 5) is 18.6. The fourth-order valence-electron chi connectivity index (χ4n) is 3.22. The molecule has 0 saturated carbocycles. The summed E-state index contributed by atoms with van der Waals surface area (Å²) in [6.07, 6.45) is 0.240. The molecule has 1 aliphatic rings. The average Bonchev–Trinajstić information content (AvgIpc) is 3.34. The first-order chi connectivity index (χ1) is 13.6. The Bertz CT molecular complexity index is 998. The zero-order valence-electron chi connectivity index (χ0n) is 15.4. The Labute approximate surface area is 160 Å². The van der Waals surface area contributed by atoms with Crippen LogP contribution in [0.5, 0.6) is 11.5 Å². The number of aromatic nitrogens is 2. The van der Waals surface area contributed by atoms with Crippen molar-refractivity contribution in [3.63, 3.8) is 0 Å². The number of carbonyl (C=O) groups excluding carboxylic acids is 1. The largest absolute Gasteiger partial charge is 0.497 e. The fourth-order valence-corrected chi connectivity index (χ4v) is 3.22. The fraction of sp³-hybridized carbons (Fsp3) is 0.250. The van der Waals surface area contributed by atoms with E-state index in [1.54, 1.807) is 49.5 Å². The summed E-state index contributed by atoms with van der Waals surface area (Å²) >= 11 is 0. The van der Waals surface area contributed by atoms with Gasteiger partial charge in [-0.3, -0.25) is 4.79 Å². The predicted octanol–water partition coefficient (Wildman–Crippen LogP) is 3.41. The van der Waals surface area contributed by atoms with Crippen LogP contribution in [0.3, 0.4) is 0 Å². The highest BCUT2D eigenvalue weighted by molar-refractivity contribution is 5.96. The molecule has 1 aliphatic heterocycles. The predicted molar refractivity (Wildman–Crippen MR) is 98.9 cm³/mol. The Morgan fingerprint density at radius 2 is 1.89 bits per heavy atom. The van der Waals surface area contributed by atoms with E-state index >= 15 is 0 Å². The normalized spacial score (nSPS) is 16.5. The lowest BCUT2D eigenvalue weighted by Gasteiger charge is -2.18. The highest BCUT2D eigenvalue weighted by Gasteiger charge is 2.35. The van der Waals surface area contributed by atoms with Crippen LogP contribution >= 0.6 is 0 Å². The van der Waals surface area contributed by atoms with Crippen molar-refractivity contribution in [2.24, 2.45) is 0 Å². The van der Waals surface area contributed by atoms with Crippen molar-refractivity contribution in [2.75, 3.05) is 25.7 Å². The molecule has 7 nitrogen and oxygen atoms in total. The van der Waals surface area contributed by atoms with Gasteiger partial charge in [0.2, 0.25) is 17.6 Å². The number of carbonyl (C=O) groups is 1. The number of rotatable bonds is 5. The maximum absolute atomic E-state index is 13.4. The third kappa shape index (κ3) is 3.40. The summed E-state index contributed by atoms with van der Waals surface area (Å²) in [5.74, 6) is 1.14. The van der Waals surface area contributed by atoms with Crippen LogP contribution in [0.1, 0.15) is 18.2 Å². The van der Waals surface area contributed by atoms with Crippen LogP contribution in [0, 0.1) is 5.82 Å². The van der Waals surface area contributed by atoms with Crippen LogP contribution in [-0.4, -0.2) is 36.8 Å². The summed E-state index contributed by atoms with van der Waals surface area (Å²) in [5, 5.41) is 3.93. The third-order valence-electron chi connectivity index (χ3n) is 4.65. The third-order valence-corrected chi connectivity index (χ3v) is 4.65. The molecule has 0 spiro atoms. The molecule has 1 amide bonds. The van der Waals surface area contributed by atoms with Crippen LogP contribution in [0.4, 0.5) is 10.1 Å². The molecule has 1 atom stereocenters. The summed E-state index contributed by atoms with van der Waals surface area (Å²) in [7, 11) is 3.11. The Kier molecular flexibility index (Phi) is 4.68. The van der Waals surface area contributed by atoms with Crippen LogP contribution in [-0.2, 0) is 4.79 Å². The molecule has 1 saturated heterocycles. The Morgan fingerprint density at radius 1 is 1.14 bits per heavy atom. The first-order valence-corrected chi connectivity index (χ1v) is 8.70. The standard InChI is InChI=1S/C20H18FN3O4/c1-26-16-8-15(9-17(10-16)27-2)24-11-13(7-18(24)25)20-22-19(23-28-20)12-4-3-5-14(21)6-12/h3-6,8-10,13H,7,11H2,1-2H3. The average molecular weight is 383 g/mol.